The van der Waals surface area contributed by atoms with Crippen LogP contribution in [0.15, 0.2) is 42.5 Å². The lowest BCUT2D eigenvalue weighted by atomic mass is 9.95. The first-order valence-electron chi connectivity index (χ1n) is 7.01. The molecule has 0 heterocycles. The Morgan fingerprint density at radius 2 is 1.80 bits per heavy atom. The largest absolute Gasteiger partial charge is 0.384 e. The molecule has 0 saturated heterocycles. The molecule has 0 saturated carbocycles. The van der Waals surface area contributed by atoms with Crippen LogP contribution < -0.4 is 0 Å². The molecule has 0 bridgehead atoms. The number of rotatable bonds is 4. The molecule has 0 aliphatic carbocycles. The Morgan fingerprint density at radius 1 is 1.10 bits per heavy atom. The van der Waals surface area contributed by atoms with Gasteiger partial charge >= 0.3 is 0 Å². The predicted molar refractivity (Wildman–Crippen MR) is 85.2 cm³/mol. The number of hydrogen-bond donors (Lipinski definition) is 1. The number of benzene rings is 2. The SMILES string of the molecule is Cc1cccc(C(O)c2cccc(CC(C)C)c2)c1Cl. The van der Waals surface area contributed by atoms with Crippen LogP contribution in [0.25, 0.3) is 0 Å². The van der Waals surface area contributed by atoms with E-state index in [1.54, 1.807) is 0 Å². The zero-order chi connectivity index (χ0) is 14.7. The van der Waals surface area contributed by atoms with E-state index >= 15 is 0 Å². The summed E-state index contributed by atoms with van der Waals surface area (Å²) in [5, 5.41) is 11.2. The number of hydrogen-bond acceptors (Lipinski definition) is 1. The van der Waals surface area contributed by atoms with E-state index in [0.717, 1.165) is 23.1 Å². The predicted octanol–water partition coefficient (Wildman–Crippen LogP) is 4.93. The minimum atomic E-state index is -0.672. The zero-order valence-corrected chi connectivity index (χ0v) is 13.0. The maximum atomic E-state index is 10.6. The van der Waals surface area contributed by atoms with Crippen LogP contribution in [0.3, 0.4) is 0 Å². The molecule has 1 nitrogen and oxygen atoms in total. The standard InChI is InChI=1S/C18H21ClO/c1-12(2)10-14-7-5-8-15(11-14)18(20)16-9-4-6-13(3)17(16)19/h4-9,11-12,18,20H,10H2,1-3H3. The van der Waals surface area contributed by atoms with E-state index in [2.05, 4.69) is 26.0 Å². The van der Waals surface area contributed by atoms with Gasteiger partial charge in [0.25, 0.3) is 0 Å². The summed E-state index contributed by atoms with van der Waals surface area (Å²) in [4.78, 5) is 0. The van der Waals surface area contributed by atoms with Gasteiger partial charge in [0.05, 0.1) is 0 Å². The van der Waals surface area contributed by atoms with Gasteiger partial charge in [0.1, 0.15) is 6.10 Å². The van der Waals surface area contributed by atoms with Crippen LogP contribution >= 0.6 is 11.6 Å². The molecule has 0 aliphatic heterocycles. The van der Waals surface area contributed by atoms with Gasteiger partial charge in [-0.2, -0.15) is 0 Å². The topological polar surface area (TPSA) is 20.2 Å². The van der Waals surface area contributed by atoms with Crippen molar-refractivity contribution in [2.24, 2.45) is 5.92 Å². The van der Waals surface area contributed by atoms with Gasteiger partial charge in [-0.1, -0.05) is 67.9 Å². The van der Waals surface area contributed by atoms with Gasteiger partial charge < -0.3 is 5.11 Å². The van der Waals surface area contributed by atoms with Gasteiger partial charge in [0.15, 0.2) is 0 Å². The molecule has 1 atom stereocenters. The zero-order valence-electron chi connectivity index (χ0n) is 12.2. The van der Waals surface area contributed by atoms with Crippen molar-refractivity contribution in [3.8, 4) is 0 Å². The number of aliphatic hydroxyl groups excluding tert-OH is 1. The summed E-state index contributed by atoms with van der Waals surface area (Å²) in [6, 6.07) is 13.9. The highest BCUT2D eigenvalue weighted by Gasteiger charge is 2.15. The lowest BCUT2D eigenvalue weighted by Gasteiger charge is -2.16. The first-order chi connectivity index (χ1) is 9.49. The summed E-state index contributed by atoms with van der Waals surface area (Å²) in [6.45, 7) is 6.34. The second-order valence-corrected chi connectivity index (χ2v) is 6.10. The summed E-state index contributed by atoms with van der Waals surface area (Å²) in [5.41, 5.74) is 3.91. The number of aliphatic hydroxyl groups is 1. The quantitative estimate of drug-likeness (QED) is 0.846. The summed E-state index contributed by atoms with van der Waals surface area (Å²) >= 11 is 6.30. The second kappa shape index (κ2) is 6.43. The maximum Gasteiger partial charge on any atom is 0.106 e. The van der Waals surface area contributed by atoms with E-state index in [1.165, 1.54) is 5.56 Å². The molecule has 0 fully saturated rings. The highest BCUT2D eigenvalue weighted by atomic mass is 35.5. The normalized spacial score (nSPS) is 12.7. The molecule has 0 radical (unpaired) electrons. The molecule has 2 rings (SSSR count). The molecule has 1 unspecified atom stereocenters. The average molecular weight is 289 g/mol. The summed E-state index contributed by atoms with van der Waals surface area (Å²) < 4.78 is 0. The van der Waals surface area contributed by atoms with Crippen molar-refractivity contribution in [3.63, 3.8) is 0 Å². The van der Waals surface area contributed by atoms with E-state index < -0.39 is 6.10 Å². The third-order valence-corrected chi connectivity index (χ3v) is 3.94. The Hall–Kier alpha value is -1.31. The van der Waals surface area contributed by atoms with Crippen molar-refractivity contribution >= 4 is 11.6 Å². The van der Waals surface area contributed by atoms with E-state index in [9.17, 15) is 5.11 Å². The monoisotopic (exact) mass is 288 g/mol. The molecule has 0 amide bonds. The van der Waals surface area contributed by atoms with Crippen molar-refractivity contribution in [2.45, 2.75) is 33.3 Å². The molecule has 2 aromatic rings. The van der Waals surface area contributed by atoms with E-state index in [0.29, 0.717) is 10.9 Å². The molecule has 0 aliphatic rings. The molecule has 20 heavy (non-hydrogen) atoms. The first-order valence-corrected chi connectivity index (χ1v) is 7.38. The van der Waals surface area contributed by atoms with E-state index in [-0.39, 0.29) is 0 Å². The molecule has 106 valence electrons. The Kier molecular flexibility index (Phi) is 4.85. The van der Waals surface area contributed by atoms with Gasteiger partial charge in [-0.3, -0.25) is 0 Å². The Bertz CT molecular complexity index is 590. The Labute approximate surface area is 126 Å². The molecular weight excluding hydrogens is 268 g/mol. The molecule has 0 aromatic heterocycles. The number of halogens is 1. The van der Waals surface area contributed by atoms with Crippen LogP contribution in [0.4, 0.5) is 0 Å². The van der Waals surface area contributed by atoms with Crippen molar-refractivity contribution in [2.75, 3.05) is 0 Å². The molecule has 2 heteroatoms. The second-order valence-electron chi connectivity index (χ2n) is 5.72. The number of aryl methyl sites for hydroxylation is 1. The Morgan fingerprint density at radius 3 is 2.50 bits per heavy atom. The molecule has 0 spiro atoms. The maximum absolute atomic E-state index is 10.6. The smallest absolute Gasteiger partial charge is 0.106 e. The highest BCUT2D eigenvalue weighted by Crippen LogP contribution is 2.30. The first kappa shape index (κ1) is 15.1. The third-order valence-electron chi connectivity index (χ3n) is 3.43. The summed E-state index contributed by atoms with van der Waals surface area (Å²) in [6.07, 6.45) is 0.344. The van der Waals surface area contributed by atoms with Crippen LogP contribution in [0.5, 0.6) is 0 Å². The van der Waals surface area contributed by atoms with Crippen molar-refractivity contribution in [1.29, 1.82) is 0 Å². The molecule has 1 N–H and O–H groups in total. The van der Waals surface area contributed by atoms with E-state index in [4.69, 9.17) is 11.6 Å². The summed E-state index contributed by atoms with van der Waals surface area (Å²) in [7, 11) is 0. The summed E-state index contributed by atoms with van der Waals surface area (Å²) in [5.74, 6) is 0.602. The van der Waals surface area contributed by atoms with Crippen LogP contribution in [0, 0.1) is 12.8 Å². The van der Waals surface area contributed by atoms with Gasteiger partial charge in [-0.05, 0) is 36.0 Å². The van der Waals surface area contributed by atoms with Gasteiger partial charge in [0, 0.05) is 10.6 Å². The lowest BCUT2D eigenvalue weighted by Crippen LogP contribution is -2.03. The fraction of sp³-hybridized carbons (Fsp3) is 0.333. The van der Waals surface area contributed by atoms with Crippen LogP contribution in [-0.4, -0.2) is 5.11 Å². The van der Waals surface area contributed by atoms with Crippen molar-refractivity contribution in [1.82, 2.24) is 0 Å². The fourth-order valence-corrected chi connectivity index (χ4v) is 2.65. The molecule has 2 aromatic carbocycles. The van der Waals surface area contributed by atoms with Gasteiger partial charge in [0.2, 0.25) is 0 Å². The van der Waals surface area contributed by atoms with Crippen molar-refractivity contribution in [3.05, 3.63) is 69.7 Å². The fourth-order valence-electron chi connectivity index (χ4n) is 2.42. The third kappa shape index (κ3) is 3.41. The van der Waals surface area contributed by atoms with Crippen LogP contribution in [0.2, 0.25) is 5.02 Å². The van der Waals surface area contributed by atoms with E-state index in [1.807, 2.05) is 37.3 Å². The van der Waals surface area contributed by atoms with Crippen LogP contribution in [-0.2, 0) is 6.42 Å². The van der Waals surface area contributed by atoms with Crippen LogP contribution in [0.1, 0.15) is 42.2 Å². The lowest BCUT2D eigenvalue weighted by molar-refractivity contribution is 0.220. The average Bonchev–Trinajstić information content (AvgIpc) is 2.41. The van der Waals surface area contributed by atoms with Gasteiger partial charge in [-0.25, -0.2) is 0 Å². The minimum absolute atomic E-state index is 0.602. The van der Waals surface area contributed by atoms with Gasteiger partial charge in [-0.15, -0.1) is 0 Å². The highest BCUT2D eigenvalue weighted by molar-refractivity contribution is 6.32. The minimum Gasteiger partial charge on any atom is -0.384 e. The molecular formula is C18H21ClO. The van der Waals surface area contributed by atoms with Crippen molar-refractivity contribution < 1.29 is 5.11 Å². The Balaban J connectivity index is 2.33.